The van der Waals surface area contributed by atoms with Gasteiger partial charge in [-0.1, -0.05) is 17.7 Å². The van der Waals surface area contributed by atoms with E-state index in [4.69, 9.17) is 0 Å². The summed E-state index contributed by atoms with van der Waals surface area (Å²) in [6, 6.07) is 5.57. The standard InChI is InChI=1S/C13H21FN2/c1-10-5-6-13(14)12(7-10)8-15-11(2)9-16(3)4/h5-7,11,15H,8-9H2,1-4H3. The average Bonchev–Trinajstić information content (AvgIpc) is 2.18. The van der Waals surface area contributed by atoms with E-state index < -0.39 is 0 Å². The number of hydrogen-bond donors (Lipinski definition) is 1. The Morgan fingerprint density at radius 1 is 1.38 bits per heavy atom. The lowest BCUT2D eigenvalue weighted by Gasteiger charge is -2.18. The van der Waals surface area contributed by atoms with Gasteiger partial charge in [0.15, 0.2) is 0 Å². The molecule has 0 saturated carbocycles. The monoisotopic (exact) mass is 224 g/mol. The van der Waals surface area contributed by atoms with Crippen LogP contribution < -0.4 is 5.32 Å². The van der Waals surface area contributed by atoms with Gasteiger partial charge >= 0.3 is 0 Å². The van der Waals surface area contributed by atoms with Crippen LogP contribution in [0.15, 0.2) is 18.2 Å². The van der Waals surface area contributed by atoms with Crippen molar-refractivity contribution < 1.29 is 4.39 Å². The van der Waals surface area contributed by atoms with Gasteiger partial charge in [-0.3, -0.25) is 0 Å². The lowest BCUT2D eigenvalue weighted by atomic mass is 10.1. The van der Waals surface area contributed by atoms with E-state index in [1.54, 1.807) is 6.07 Å². The lowest BCUT2D eigenvalue weighted by molar-refractivity contribution is 0.348. The molecule has 1 rings (SSSR count). The molecule has 0 aliphatic rings. The van der Waals surface area contributed by atoms with Crippen molar-refractivity contribution in [3.8, 4) is 0 Å². The van der Waals surface area contributed by atoms with Crippen molar-refractivity contribution in [2.45, 2.75) is 26.4 Å². The zero-order valence-corrected chi connectivity index (χ0v) is 10.5. The zero-order valence-electron chi connectivity index (χ0n) is 10.5. The second-order valence-corrected chi connectivity index (χ2v) is 4.64. The number of halogens is 1. The minimum absolute atomic E-state index is 0.129. The summed E-state index contributed by atoms with van der Waals surface area (Å²) in [5.41, 5.74) is 1.84. The van der Waals surface area contributed by atoms with E-state index in [1.165, 1.54) is 6.07 Å². The van der Waals surface area contributed by atoms with E-state index in [0.29, 0.717) is 12.6 Å². The summed E-state index contributed by atoms with van der Waals surface area (Å²) in [4.78, 5) is 2.12. The van der Waals surface area contributed by atoms with Crippen molar-refractivity contribution in [3.05, 3.63) is 35.1 Å². The van der Waals surface area contributed by atoms with E-state index in [0.717, 1.165) is 17.7 Å². The molecule has 1 N–H and O–H groups in total. The van der Waals surface area contributed by atoms with E-state index in [2.05, 4.69) is 17.1 Å². The molecule has 1 aromatic rings. The van der Waals surface area contributed by atoms with Crippen LogP contribution in [0.2, 0.25) is 0 Å². The summed E-state index contributed by atoms with van der Waals surface area (Å²) in [6.07, 6.45) is 0. The van der Waals surface area contributed by atoms with Crippen LogP contribution in [0.5, 0.6) is 0 Å². The minimum Gasteiger partial charge on any atom is -0.309 e. The molecular formula is C13H21FN2. The van der Waals surface area contributed by atoms with Gasteiger partial charge in [0.05, 0.1) is 0 Å². The molecule has 0 aromatic heterocycles. The number of likely N-dealkylation sites (N-methyl/N-ethyl adjacent to an activating group) is 1. The first-order valence-electron chi connectivity index (χ1n) is 5.62. The minimum atomic E-state index is -0.129. The molecule has 1 aromatic carbocycles. The molecule has 3 heteroatoms. The van der Waals surface area contributed by atoms with Gasteiger partial charge in [-0.05, 0) is 34.0 Å². The Hall–Kier alpha value is -0.930. The van der Waals surface area contributed by atoms with E-state index >= 15 is 0 Å². The van der Waals surface area contributed by atoms with Crippen LogP contribution in [-0.2, 0) is 6.54 Å². The average molecular weight is 224 g/mol. The summed E-state index contributed by atoms with van der Waals surface area (Å²) in [5.74, 6) is -0.129. The predicted octanol–water partition coefficient (Wildman–Crippen LogP) is 2.17. The largest absolute Gasteiger partial charge is 0.309 e. The third-order valence-electron chi connectivity index (χ3n) is 2.48. The highest BCUT2D eigenvalue weighted by molar-refractivity contribution is 5.23. The molecule has 0 aliphatic carbocycles. The quantitative estimate of drug-likeness (QED) is 0.824. The molecule has 0 saturated heterocycles. The van der Waals surface area contributed by atoms with Crippen molar-refractivity contribution in [2.75, 3.05) is 20.6 Å². The number of nitrogens with zero attached hydrogens (tertiary/aromatic N) is 1. The Kier molecular flexibility index (Phi) is 4.90. The fourth-order valence-corrected chi connectivity index (χ4v) is 1.74. The van der Waals surface area contributed by atoms with Gasteiger partial charge in [0.1, 0.15) is 5.82 Å². The smallest absolute Gasteiger partial charge is 0.127 e. The number of benzene rings is 1. The fourth-order valence-electron chi connectivity index (χ4n) is 1.74. The third-order valence-corrected chi connectivity index (χ3v) is 2.48. The third kappa shape index (κ3) is 4.29. The number of nitrogens with one attached hydrogen (secondary N) is 1. The van der Waals surface area contributed by atoms with Gasteiger partial charge < -0.3 is 10.2 Å². The van der Waals surface area contributed by atoms with Gasteiger partial charge in [0.25, 0.3) is 0 Å². The van der Waals surface area contributed by atoms with Crippen molar-refractivity contribution in [3.63, 3.8) is 0 Å². The highest BCUT2D eigenvalue weighted by Gasteiger charge is 2.06. The molecule has 1 unspecified atom stereocenters. The number of hydrogen-bond acceptors (Lipinski definition) is 2. The van der Waals surface area contributed by atoms with Crippen molar-refractivity contribution in [2.24, 2.45) is 0 Å². The first-order chi connectivity index (χ1) is 7.49. The van der Waals surface area contributed by atoms with Crippen LogP contribution in [-0.4, -0.2) is 31.6 Å². The molecule has 0 heterocycles. The molecule has 0 bridgehead atoms. The number of rotatable bonds is 5. The molecule has 0 spiro atoms. The maximum absolute atomic E-state index is 13.4. The first kappa shape index (κ1) is 13.1. The van der Waals surface area contributed by atoms with Crippen LogP contribution >= 0.6 is 0 Å². The molecule has 1 atom stereocenters. The Bertz CT molecular complexity index is 337. The van der Waals surface area contributed by atoms with Gasteiger partial charge in [0.2, 0.25) is 0 Å². The highest BCUT2D eigenvalue weighted by atomic mass is 19.1. The summed E-state index contributed by atoms with van der Waals surface area (Å²) in [5, 5.41) is 3.32. The van der Waals surface area contributed by atoms with Crippen LogP contribution in [0.3, 0.4) is 0 Å². The van der Waals surface area contributed by atoms with Gasteiger partial charge in [0, 0.05) is 24.7 Å². The van der Waals surface area contributed by atoms with Gasteiger partial charge in [-0.2, -0.15) is 0 Å². The Morgan fingerprint density at radius 2 is 2.06 bits per heavy atom. The Morgan fingerprint density at radius 3 is 2.69 bits per heavy atom. The fraction of sp³-hybridized carbons (Fsp3) is 0.538. The van der Waals surface area contributed by atoms with Crippen molar-refractivity contribution in [1.29, 1.82) is 0 Å². The normalized spacial score (nSPS) is 13.1. The van der Waals surface area contributed by atoms with Crippen LogP contribution in [0, 0.1) is 12.7 Å². The second kappa shape index (κ2) is 5.97. The van der Waals surface area contributed by atoms with E-state index in [9.17, 15) is 4.39 Å². The molecule has 90 valence electrons. The first-order valence-corrected chi connectivity index (χ1v) is 5.62. The van der Waals surface area contributed by atoms with E-state index in [-0.39, 0.29) is 5.82 Å². The summed E-state index contributed by atoms with van der Waals surface area (Å²) in [7, 11) is 4.07. The van der Waals surface area contributed by atoms with Gasteiger partial charge in [-0.15, -0.1) is 0 Å². The van der Waals surface area contributed by atoms with Gasteiger partial charge in [-0.25, -0.2) is 4.39 Å². The molecular weight excluding hydrogens is 203 g/mol. The van der Waals surface area contributed by atoms with Crippen molar-refractivity contribution >= 4 is 0 Å². The van der Waals surface area contributed by atoms with Crippen LogP contribution in [0.25, 0.3) is 0 Å². The van der Waals surface area contributed by atoms with Crippen LogP contribution in [0.4, 0.5) is 4.39 Å². The maximum atomic E-state index is 13.4. The predicted molar refractivity (Wildman–Crippen MR) is 66.0 cm³/mol. The summed E-state index contributed by atoms with van der Waals surface area (Å²) < 4.78 is 13.4. The lowest BCUT2D eigenvalue weighted by Crippen LogP contribution is -2.35. The molecule has 16 heavy (non-hydrogen) atoms. The molecule has 0 amide bonds. The SMILES string of the molecule is Cc1ccc(F)c(CNC(C)CN(C)C)c1. The maximum Gasteiger partial charge on any atom is 0.127 e. The Balaban J connectivity index is 2.51. The molecule has 0 fully saturated rings. The summed E-state index contributed by atoms with van der Waals surface area (Å²) >= 11 is 0. The topological polar surface area (TPSA) is 15.3 Å². The molecule has 0 radical (unpaired) electrons. The summed E-state index contributed by atoms with van der Waals surface area (Å²) in [6.45, 7) is 5.62. The molecule has 0 aliphatic heterocycles. The van der Waals surface area contributed by atoms with E-state index in [1.807, 2.05) is 27.1 Å². The Labute approximate surface area is 97.5 Å². The zero-order chi connectivity index (χ0) is 12.1. The molecule has 2 nitrogen and oxygen atoms in total. The van der Waals surface area contributed by atoms with Crippen LogP contribution in [0.1, 0.15) is 18.1 Å². The highest BCUT2D eigenvalue weighted by Crippen LogP contribution is 2.09. The van der Waals surface area contributed by atoms with Crippen molar-refractivity contribution in [1.82, 2.24) is 10.2 Å². The number of aryl methyl sites for hydroxylation is 1. The second-order valence-electron chi connectivity index (χ2n) is 4.64.